The molecule has 0 atom stereocenters. The Balaban J connectivity index is 2.48. The molecule has 1 rings (SSSR count). The molecule has 0 aliphatic heterocycles. The standard InChI is InChI=1S/C13H23N3O/c1-4-14-13-12(7-5-8-15-13)11-16(2)9-6-10-17-3/h5,7-8H,4,6,9-11H2,1-3H3,(H,14,15). The van der Waals surface area contributed by atoms with Gasteiger partial charge in [0.25, 0.3) is 0 Å². The first-order valence-electron chi connectivity index (χ1n) is 6.13. The van der Waals surface area contributed by atoms with Crippen molar-refractivity contribution in [3.05, 3.63) is 23.9 Å². The maximum atomic E-state index is 5.05. The summed E-state index contributed by atoms with van der Waals surface area (Å²) in [6.07, 6.45) is 2.89. The number of anilines is 1. The summed E-state index contributed by atoms with van der Waals surface area (Å²) in [6, 6.07) is 4.11. The number of ether oxygens (including phenoxy) is 1. The highest BCUT2D eigenvalue weighted by Crippen LogP contribution is 2.13. The van der Waals surface area contributed by atoms with Crippen LogP contribution in [0.2, 0.25) is 0 Å². The van der Waals surface area contributed by atoms with Gasteiger partial charge in [0, 0.05) is 45.1 Å². The van der Waals surface area contributed by atoms with Crippen LogP contribution < -0.4 is 5.32 Å². The molecular formula is C13H23N3O. The second-order valence-corrected chi connectivity index (χ2v) is 4.13. The van der Waals surface area contributed by atoms with Gasteiger partial charge in [-0.05, 0) is 26.5 Å². The summed E-state index contributed by atoms with van der Waals surface area (Å²) >= 11 is 0. The average Bonchev–Trinajstić information content (AvgIpc) is 2.32. The molecule has 0 aliphatic rings. The Hall–Kier alpha value is -1.13. The minimum Gasteiger partial charge on any atom is -0.385 e. The molecule has 1 N–H and O–H groups in total. The molecule has 0 amide bonds. The lowest BCUT2D eigenvalue weighted by atomic mass is 10.2. The molecule has 0 unspecified atom stereocenters. The minimum atomic E-state index is 0.817. The summed E-state index contributed by atoms with van der Waals surface area (Å²) in [5.41, 5.74) is 1.24. The number of methoxy groups -OCH3 is 1. The van der Waals surface area contributed by atoms with E-state index in [1.165, 1.54) is 5.56 Å². The SMILES string of the molecule is CCNc1ncccc1CN(C)CCCOC. The van der Waals surface area contributed by atoms with Gasteiger partial charge in [0.05, 0.1) is 0 Å². The van der Waals surface area contributed by atoms with Crippen molar-refractivity contribution in [3.63, 3.8) is 0 Å². The Labute approximate surface area is 104 Å². The predicted molar refractivity (Wildman–Crippen MR) is 71.2 cm³/mol. The van der Waals surface area contributed by atoms with Crippen molar-refractivity contribution >= 4 is 5.82 Å². The highest BCUT2D eigenvalue weighted by molar-refractivity contribution is 5.43. The molecule has 0 aliphatic carbocycles. The summed E-state index contributed by atoms with van der Waals surface area (Å²) in [5, 5.41) is 3.29. The maximum absolute atomic E-state index is 5.05. The summed E-state index contributed by atoms with van der Waals surface area (Å²) < 4.78 is 5.05. The van der Waals surface area contributed by atoms with E-state index in [4.69, 9.17) is 4.74 Å². The number of nitrogens with one attached hydrogen (secondary N) is 1. The quantitative estimate of drug-likeness (QED) is 0.702. The lowest BCUT2D eigenvalue weighted by molar-refractivity contribution is 0.178. The molecule has 4 heteroatoms. The van der Waals surface area contributed by atoms with E-state index < -0.39 is 0 Å². The smallest absolute Gasteiger partial charge is 0.130 e. The summed E-state index contributed by atoms with van der Waals surface area (Å²) in [7, 11) is 3.86. The Bertz CT molecular complexity index is 317. The van der Waals surface area contributed by atoms with E-state index in [2.05, 4.69) is 35.2 Å². The number of hydrogen-bond donors (Lipinski definition) is 1. The Morgan fingerprint density at radius 3 is 3.00 bits per heavy atom. The molecule has 1 aromatic rings. The molecule has 1 heterocycles. The fraction of sp³-hybridized carbons (Fsp3) is 0.615. The van der Waals surface area contributed by atoms with Crippen molar-refractivity contribution in [2.45, 2.75) is 19.9 Å². The number of nitrogens with zero attached hydrogens (tertiary/aromatic N) is 2. The number of rotatable bonds is 8. The molecule has 17 heavy (non-hydrogen) atoms. The maximum Gasteiger partial charge on any atom is 0.130 e. The van der Waals surface area contributed by atoms with Crippen molar-refractivity contribution in [1.82, 2.24) is 9.88 Å². The molecular weight excluding hydrogens is 214 g/mol. The van der Waals surface area contributed by atoms with E-state index in [0.29, 0.717) is 0 Å². The third-order valence-electron chi connectivity index (χ3n) is 2.56. The van der Waals surface area contributed by atoms with Gasteiger partial charge in [-0.1, -0.05) is 6.07 Å². The summed E-state index contributed by atoms with van der Waals surface area (Å²) in [6.45, 7) is 5.75. The van der Waals surface area contributed by atoms with Crippen LogP contribution in [0.25, 0.3) is 0 Å². The number of hydrogen-bond acceptors (Lipinski definition) is 4. The zero-order chi connectivity index (χ0) is 12.5. The van der Waals surface area contributed by atoms with Gasteiger partial charge in [-0.15, -0.1) is 0 Å². The molecule has 0 fully saturated rings. The van der Waals surface area contributed by atoms with Gasteiger partial charge >= 0.3 is 0 Å². The van der Waals surface area contributed by atoms with Gasteiger partial charge in [-0.25, -0.2) is 4.98 Å². The van der Waals surface area contributed by atoms with E-state index >= 15 is 0 Å². The van der Waals surface area contributed by atoms with Crippen LogP contribution in [0.15, 0.2) is 18.3 Å². The third-order valence-corrected chi connectivity index (χ3v) is 2.56. The molecule has 96 valence electrons. The normalized spacial score (nSPS) is 10.8. The van der Waals surface area contributed by atoms with E-state index in [0.717, 1.165) is 38.5 Å². The summed E-state index contributed by atoms with van der Waals surface area (Å²) in [4.78, 5) is 6.64. The van der Waals surface area contributed by atoms with Gasteiger partial charge in [-0.2, -0.15) is 0 Å². The van der Waals surface area contributed by atoms with Crippen LogP contribution in [0.4, 0.5) is 5.82 Å². The van der Waals surface area contributed by atoms with Gasteiger partial charge in [0.15, 0.2) is 0 Å². The van der Waals surface area contributed by atoms with Gasteiger partial charge in [-0.3, -0.25) is 0 Å². The van der Waals surface area contributed by atoms with Crippen molar-refractivity contribution in [2.75, 3.05) is 39.2 Å². The Morgan fingerprint density at radius 2 is 2.29 bits per heavy atom. The zero-order valence-electron chi connectivity index (χ0n) is 11.1. The van der Waals surface area contributed by atoms with Crippen LogP contribution in [0.3, 0.4) is 0 Å². The van der Waals surface area contributed by atoms with Crippen LogP contribution >= 0.6 is 0 Å². The number of pyridine rings is 1. The van der Waals surface area contributed by atoms with E-state index in [1.54, 1.807) is 7.11 Å². The predicted octanol–water partition coefficient (Wildman–Crippen LogP) is 1.98. The monoisotopic (exact) mass is 237 g/mol. The van der Waals surface area contributed by atoms with Gasteiger partial charge < -0.3 is 15.0 Å². The van der Waals surface area contributed by atoms with Crippen LogP contribution in [0.5, 0.6) is 0 Å². The first kappa shape index (κ1) is 13.9. The van der Waals surface area contributed by atoms with Crippen LogP contribution in [-0.2, 0) is 11.3 Å². The fourth-order valence-electron chi connectivity index (χ4n) is 1.74. The highest BCUT2D eigenvalue weighted by atomic mass is 16.5. The van der Waals surface area contributed by atoms with Crippen molar-refractivity contribution in [3.8, 4) is 0 Å². The van der Waals surface area contributed by atoms with Gasteiger partial charge in [0.2, 0.25) is 0 Å². The second-order valence-electron chi connectivity index (χ2n) is 4.13. The minimum absolute atomic E-state index is 0.817. The molecule has 0 spiro atoms. The third kappa shape index (κ3) is 5.15. The fourth-order valence-corrected chi connectivity index (χ4v) is 1.74. The molecule has 0 saturated carbocycles. The Kier molecular flexibility index (Phi) is 6.58. The van der Waals surface area contributed by atoms with E-state index in [1.807, 2.05) is 12.3 Å². The van der Waals surface area contributed by atoms with Crippen molar-refractivity contribution < 1.29 is 4.74 Å². The van der Waals surface area contributed by atoms with E-state index in [-0.39, 0.29) is 0 Å². The second kappa shape index (κ2) is 8.03. The largest absolute Gasteiger partial charge is 0.385 e. The first-order valence-corrected chi connectivity index (χ1v) is 6.13. The van der Waals surface area contributed by atoms with Crippen LogP contribution in [-0.4, -0.2) is 43.7 Å². The molecule has 1 aromatic heterocycles. The topological polar surface area (TPSA) is 37.4 Å². The average molecular weight is 237 g/mol. The molecule has 4 nitrogen and oxygen atoms in total. The first-order chi connectivity index (χ1) is 8.27. The Morgan fingerprint density at radius 1 is 1.47 bits per heavy atom. The molecule has 0 radical (unpaired) electrons. The molecule has 0 bridgehead atoms. The van der Waals surface area contributed by atoms with Gasteiger partial charge in [0.1, 0.15) is 5.82 Å². The highest BCUT2D eigenvalue weighted by Gasteiger charge is 2.05. The lowest BCUT2D eigenvalue weighted by Gasteiger charge is -2.18. The van der Waals surface area contributed by atoms with Crippen LogP contribution in [0, 0.1) is 0 Å². The van der Waals surface area contributed by atoms with Crippen molar-refractivity contribution in [2.24, 2.45) is 0 Å². The zero-order valence-corrected chi connectivity index (χ0v) is 11.1. The molecule has 0 saturated heterocycles. The van der Waals surface area contributed by atoms with Crippen LogP contribution in [0.1, 0.15) is 18.9 Å². The van der Waals surface area contributed by atoms with E-state index in [9.17, 15) is 0 Å². The van der Waals surface area contributed by atoms with Crippen molar-refractivity contribution in [1.29, 1.82) is 0 Å². The molecule has 0 aromatic carbocycles. The summed E-state index contributed by atoms with van der Waals surface area (Å²) in [5.74, 6) is 0.994. The lowest BCUT2D eigenvalue weighted by Crippen LogP contribution is -2.21. The number of aromatic nitrogens is 1.